The van der Waals surface area contributed by atoms with Gasteiger partial charge in [0.25, 0.3) is 0 Å². The number of hydrogen-bond acceptors (Lipinski definition) is 7. The van der Waals surface area contributed by atoms with Crippen LogP contribution in [-0.2, 0) is 20.7 Å². The molecular weight excluding hydrogens is 530 g/mol. The largest absolute Gasteiger partial charge is 0.458 e. The number of carbonyl (C=O) groups excluding carboxylic acids is 2. The third kappa shape index (κ3) is 7.01. The van der Waals surface area contributed by atoms with Gasteiger partial charge in [0.05, 0.1) is 28.8 Å². The summed E-state index contributed by atoms with van der Waals surface area (Å²) in [4.78, 5) is 41.6. The van der Waals surface area contributed by atoms with Gasteiger partial charge in [0, 0.05) is 12.2 Å². The molecule has 2 aliphatic carbocycles. The van der Waals surface area contributed by atoms with E-state index in [1.165, 1.54) is 5.56 Å². The monoisotopic (exact) mass is 573 g/mol. The molecule has 0 saturated carbocycles. The fourth-order valence-corrected chi connectivity index (χ4v) is 5.78. The second-order valence-electron chi connectivity index (χ2n) is 13.3. The van der Waals surface area contributed by atoms with Crippen LogP contribution in [0.1, 0.15) is 96.4 Å². The summed E-state index contributed by atoms with van der Waals surface area (Å²) in [5.74, 6) is 0.124. The van der Waals surface area contributed by atoms with Crippen molar-refractivity contribution in [3.05, 3.63) is 71.8 Å². The van der Waals surface area contributed by atoms with Crippen LogP contribution in [0.4, 0.5) is 4.79 Å². The first-order valence-corrected chi connectivity index (χ1v) is 14.9. The van der Waals surface area contributed by atoms with Gasteiger partial charge in [-0.2, -0.15) is 0 Å². The molecule has 9 heteroatoms. The lowest BCUT2D eigenvalue weighted by molar-refractivity contribution is -0.158. The predicted octanol–water partition coefficient (Wildman–Crippen LogP) is 6.33. The first kappa shape index (κ1) is 29.8. The Morgan fingerprint density at radius 3 is 2.43 bits per heavy atom. The van der Waals surface area contributed by atoms with Crippen LogP contribution >= 0.6 is 0 Å². The van der Waals surface area contributed by atoms with Gasteiger partial charge in [0.15, 0.2) is 6.04 Å². The zero-order chi connectivity index (χ0) is 30.1. The highest BCUT2D eigenvalue weighted by atomic mass is 16.6. The number of nitrogens with zero attached hydrogens (tertiary/aromatic N) is 3. The number of aromatic amines is 1. The van der Waals surface area contributed by atoms with Gasteiger partial charge in [-0.15, -0.1) is 0 Å². The highest BCUT2D eigenvalue weighted by Gasteiger charge is 2.39. The minimum atomic E-state index is -0.779. The third-order valence-corrected chi connectivity index (χ3v) is 7.51. The number of pyridine rings is 1. The Balaban J connectivity index is 1.40. The van der Waals surface area contributed by atoms with Crippen molar-refractivity contribution in [2.24, 2.45) is 0 Å². The first-order valence-electron chi connectivity index (χ1n) is 14.9. The molecule has 0 fully saturated rings. The Kier molecular flexibility index (Phi) is 8.42. The average Bonchev–Trinajstić information content (AvgIpc) is 3.35. The van der Waals surface area contributed by atoms with E-state index in [2.05, 4.69) is 22.4 Å². The maximum Gasteiger partial charge on any atom is 0.411 e. The van der Waals surface area contributed by atoms with Crippen LogP contribution in [0, 0.1) is 0 Å². The molecule has 2 N–H and O–H groups in total. The van der Waals surface area contributed by atoms with Crippen molar-refractivity contribution >= 4 is 23.1 Å². The highest BCUT2D eigenvalue weighted by molar-refractivity contribution is 5.80. The molecule has 2 aliphatic rings. The standard InChI is InChI=1S/C33H43N5O4/c1-32(2,3)41-30(39)28(29-36-24-13-7-8-14-25(24)37-29)35-22-16-18-23(19-17-22)38(31(40)42-33(4,5)6)26-15-9-11-21-12-10-20-34-27(21)26/h7-8,10,12-14,16,18,20,22-23,26,28,35H,9,11,15,17,19H2,1-6H3,(H,36,37)/t22-,23-,26?,28?/m0/s1. The maximum absolute atomic E-state index is 13.7. The van der Waals surface area contributed by atoms with Crippen LogP contribution < -0.4 is 5.32 Å². The second-order valence-corrected chi connectivity index (χ2v) is 13.3. The van der Waals surface area contributed by atoms with E-state index in [0.29, 0.717) is 18.7 Å². The van der Waals surface area contributed by atoms with Gasteiger partial charge in [0.2, 0.25) is 0 Å². The van der Waals surface area contributed by atoms with E-state index < -0.39 is 23.2 Å². The molecule has 2 unspecified atom stereocenters. The molecule has 0 bridgehead atoms. The number of ether oxygens (including phenoxy) is 2. The summed E-state index contributed by atoms with van der Waals surface area (Å²) < 4.78 is 11.7. The molecule has 1 amide bonds. The van der Waals surface area contributed by atoms with Crippen LogP contribution in [0.25, 0.3) is 11.0 Å². The molecule has 2 aromatic heterocycles. The molecular formula is C33H43N5O4. The second kappa shape index (κ2) is 11.9. The number of carbonyl (C=O) groups is 2. The number of hydrogen-bond donors (Lipinski definition) is 2. The lowest BCUT2D eigenvalue weighted by Gasteiger charge is -2.41. The summed E-state index contributed by atoms with van der Waals surface area (Å²) in [5, 5.41) is 3.48. The van der Waals surface area contributed by atoms with Crippen molar-refractivity contribution in [1.82, 2.24) is 25.2 Å². The molecule has 224 valence electrons. The topological polar surface area (TPSA) is 109 Å². The molecule has 9 nitrogen and oxygen atoms in total. The fraction of sp³-hybridized carbons (Fsp3) is 0.515. The normalized spacial score (nSPS) is 21.4. The Labute approximate surface area is 248 Å². The van der Waals surface area contributed by atoms with Crippen LogP contribution in [0.15, 0.2) is 54.7 Å². The van der Waals surface area contributed by atoms with Crippen molar-refractivity contribution in [3.8, 4) is 0 Å². The molecule has 0 spiro atoms. The Morgan fingerprint density at radius 2 is 1.74 bits per heavy atom. The van der Waals surface area contributed by atoms with Crippen molar-refractivity contribution in [1.29, 1.82) is 0 Å². The number of esters is 1. The summed E-state index contributed by atoms with van der Waals surface area (Å²) in [7, 11) is 0. The molecule has 0 radical (unpaired) electrons. The quantitative estimate of drug-likeness (QED) is 0.262. The van der Waals surface area contributed by atoms with E-state index in [-0.39, 0.29) is 24.2 Å². The molecule has 4 atom stereocenters. The average molecular weight is 574 g/mol. The van der Waals surface area contributed by atoms with Gasteiger partial charge in [-0.3, -0.25) is 15.2 Å². The van der Waals surface area contributed by atoms with Gasteiger partial charge in [-0.05, 0) is 97.4 Å². The van der Waals surface area contributed by atoms with Crippen molar-refractivity contribution in [2.45, 2.75) is 109 Å². The molecule has 3 aromatic rings. The van der Waals surface area contributed by atoms with Gasteiger partial charge in [-0.1, -0.05) is 30.4 Å². The smallest absolute Gasteiger partial charge is 0.411 e. The SMILES string of the molecule is CC(C)(C)OC(=O)C(N[C@H]1C=C[C@H](N(C(=O)OC(C)(C)C)C2CCCc3cccnc32)CC1)c1nc2ccccc2[nH]1. The summed E-state index contributed by atoms with van der Waals surface area (Å²) >= 11 is 0. The van der Waals surface area contributed by atoms with Gasteiger partial charge in [0.1, 0.15) is 17.0 Å². The Bertz CT molecular complexity index is 1420. The van der Waals surface area contributed by atoms with Crippen LogP contribution in [0.3, 0.4) is 0 Å². The lowest BCUT2D eigenvalue weighted by Crippen LogP contribution is -2.48. The van der Waals surface area contributed by atoms with E-state index in [4.69, 9.17) is 19.4 Å². The zero-order valence-corrected chi connectivity index (χ0v) is 25.5. The molecule has 5 rings (SSSR count). The number of aryl methyl sites for hydroxylation is 1. The summed E-state index contributed by atoms with van der Waals surface area (Å²) in [6.07, 6.45) is 9.77. The third-order valence-electron chi connectivity index (χ3n) is 7.51. The van der Waals surface area contributed by atoms with E-state index in [9.17, 15) is 9.59 Å². The van der Waals surface area contributed by atoms with Gasteiger partial charge in [-0.25, -0.2) is 14.6 Å². The maximum atomic E-state index is 13.7. The number of para-hydroxylation sites is 2. The van der Waals surface area contributed by atoms with E-state index in [1.54, 1.807) is 6.20 Å². The molecule has 0 saturated heterocycles. The van der Waals surface area contributed by atoms with E-state index in [0.717, 1.165) is 36.0 Å². The molecule has 1 aromatic carbocycles. The molecule has 2 heterocycles. The number of fused-ring (bicyclic) bond motifs is 2. The van der Waals surface area contributed by atoms with E-state index >= 15 is 0 Å². The number of nitrogens with one attached hydrogen (secondary N) is 2. The Morgan fingerprint density at radius 1 is 0.976 bits per heavy atom. The minimum absolute atomic E-state index is 0.121. The highest BCUT2D eigenvalue weighted by Crippen LogP contribution is 2.37. The molecule has 0 aliphatic heterocycles. The van der Waals surface area contributed by atoms with Crippen LogP contribution in [0.2, 0.25) is 0 Å². The summed E-state index contributed by atoms with van der Waals surface area (Å²) in [5.41, 5.74) is 2.53. The van der Waals surface area contributed by atoms with Gasteiger partial charge >= 0.3 is 12.1 Å². The van der Waals surface area contributed by atoms with E-state index in [1.807, 2.05) is 82.9 Å². The predicted molar refractivity (Wildman–Crippen MR) is 162 cm³/mol. The number of imidazole rings is 1. The van der Waals surface area contributed by atoms with Crippen molar-refractivity contribution in [3.63, 3.8) is 0 Å². The number of H-pyrrole nitrogens is 1. The Hall–Kier alpha value is -3.72. The fourth-order valence-electron chi connectivity index (χ4n) is 5.78. The summed E-state index contributed by atoms with van der Waals surface area (Å²) in [6.45, 7) is 11.2. The zero-order valence-electron chi connectivity index (χ0n) is 25.5. The molecule has 42 heavy (non-hydrogen) atoms. The number of benzene rings is 1. The lowest BCUT2D eigenvalue weighted by atomic mass is 9.88. The van der Waals surface area contributed by atoms with Gasteiger partial charge < -0.3 is 14.5 Å². The number of aromatic nitrogens is 3. The number of amides is 1. The summed E-state index contributed by atoms with van der Waals surface area (Å²) in [6, 6.07) is 10.5. The van der Waals surface area contributed by atoms with Crippen LogP contribution in [0.5, 0.6) is 0 Å². The minimum Gasteiger partial charge on any atom is -0.458 e. The van der Waals surface area contributed by atoms with Crippen molar-refractivity contribution < 1.29 is 19.1 Å². The number of rotatable bonds is 6. The first-order chi connectivity index (χ1) is 19.9. The van der Waals surface area contributed by atoms with Crippen LogP contribution in [-0.4, -0.2) is 55.2 Å². The van der Waals surface area contributed by atoms with Crippen molar-refractivity contribution in [2.75, 3.05) is 0 Å².